The summed E-state index contributed by atoms with van der Waals surface area (Å²) in [7, 11) is 0. The van der Waals surface area contributed by atoms with E-state index in [1.165, 1.54) is 6.42 Å². The number of ether oxygens (including phenoxy) is 2. The van der Waals surface area contributed by atoms with Gasteiger partial charge in [-0.05, 0) is 68.4 Å². The molecule has 0 aliphatic heterocycles. The second-order valence-corrected chi connectivity index (χ2v) is 8.24. The minimum absolute atomic E-state index is 0.120. The van der Waals surface area contributed by atoms with Gasteiger partial charge in [0, 0.05) is 18.2 Å². The fraction of sp³-hybridized carbons (Fsp3) is 0.400. The summed E-state index contributed by atoms with van der Waals surface area (Å²) < 4.78 is 10.8. The first-order chi connectivity index (χ1) is 16.1. The van der Waals surface area contributed by atoms with Crippen molar-refractivity contribution in [1.29, 1.82) is 0 Å². The van der Waals surface area contributed by atoms with Crippen molar-refractivity contribution in [2.75, 3.05) is 25.1 Å². The van der Waals surface area contributed by atoms with Crippen LogP contribution < -0.4 is 20.7 Å². The van der Waals surface area contributed by atoms with Gasteiger partial charge in [-0.15, -0.1) is 0 Å². The molecule has 0 heterocycles. The molecule has 1 fully saturated rings. The first-order valence-electron chi connectivity index (χ1n) is 11.4. The van der Waals surface area contributed by atoms with Crippen LogP contribution in [0.4, 0.5) is 5.69 Å². The number of hydrogen-bond acceptors (Lipinski definition) is 5. The van der Waals surface area contributed by atoms with Crippen molar-refractivity contribution in [3.8, 4) is 5.75 Å². The monoisotopic (exact) mass is 469 g/mol. The molecule has 1 saturated carbocycles. The molecule has 2 aromatic carbocycles. The Hall–Kier alpha value is -2.97. The lowest BCUT2D eigenvalue weighted by molar-refractivity contribution is 0.0927. The highest BCUT2D eigenvalue weighted by Crippen LogP contribution is 2.20. The van der Waals surface area contributed by atoms with E-state index in [1.807, 2.05) is 13.0 Å². The van der Waals surface area contributed by atoms with Crippen LogP contribution in [0.15, 0.2) is 48.5 Å². The maximum absolute atomic E-state index is 12.8. The Morgan fingerprint density at radius 3 is 2.42 bits per heavy atom. The van der Waals surface area contributed by atoms with Crippen molar-refractivity contribution in [3.63, 3.8) is 0 Å². The van der Waals surface area contributed by atoms with Gasteiger partial charge >= 0.3 is 0 Å². The Labute approximate surface area is 200 Å². The molecular formula is C25H31N3O4S. The quantitative estimate of drug-likeness (QED) is 0.375. The maximum Gasteiger partial charge on any atom is 0.257 e. The van der Waals surface area contributed by atoms with Crippen LogP contribution in [0.2, 0.25) is 0 Å². The Morgan fingerprint density at radius 1 is 0.970 bits per heavy atom. The van der Waals surface area contributed by atoms with Crippen molar-refractivity contribution in [2.24, 2.45) is 0 Å². The van der Waals surface area contributed by atoms with Gasteiger partial charge in [-0.1, -0.05) is 31.4 Å². The summed E-state index contributed by atoms with van der Waals surface area (Å²) in [6.45, 7) is 3.53. The number of anilines is 1. The van der Waals surface area contributed by atoms with E-state index in [1.54, 1.807) is 42.5 Å². The Bertz CT molecular complexity index is 943. The molecular weight excluding hydrogens is 438 g/mol. The van der Waals surface area contributed by atoms with Crippen molar-refractivity contribution in [3.05, 3.63) is 59.7 Å². The number of para-hydroxylation sites is 1. The number of carbonyl (C=O) groups excluding carboxylic acids is 2. The number of rotatable bonds is 9. The van der Waals surface area contributed by atoms with Crippen LogP contribution in [0, 0.1) is 0 Å². The number of carbonyl (C=O) groups is 2. The third-order valence-corrected chi connectivity index (χ3v) is 5.61. The van der Waals surface area contributed by atoms with Crippen molar-refractivity contribution < 1.29 is 19.1 Å². The van der Waals surface area contributed by atoms with Gasteiger partial charge in [0.05, 0.1) is 17.9 Å². The molecule has 0 aromatic heterocycles. The predicted octanol–water partition coefficient (Wildman–Crippen LogP) is 4.29. The predicted molar refractivity (Wildman–Crippen MR) is 133 cm³/mol. The molecule has 176 valence electrons. The minimum Gasteiger partial charge on any atom is -0.491 e. The third kappa shape index (κ3) is 7.83. The summed E-state index contributed by atoms with van der Waals surface area (Å²) in [5.41, 5.74) is 1.49. The molecule has 1 aliphatic carbocycles. The highest BCUT2D eigenvalue weighted by molar-refractivity contribution is 7.80. The third-order valence-electron chi connectivity index (χ3n) is 5.40. The number of hydrogen-bond donors (Lipinski definition) is 3. The van der Waals surface area contributed by atoms with Gasteiger partial charge in [-0.2, -0.15) is 0 Å². The van der Waals surface area contributed by atoms with Gasteiger partial charge in [-0.3, -0.25) is 14.9 Å². The zero-order valence-electron chi connectivity index (χ0n) is 18.9. The van der Waals surface area contributed by atoms with Crippen LogP contribution in [0.25, 0.3) is 0 Å². The van der Waals surface area contributed by atoms with E-state index in [-0.39, 0.29) is 23.0 Å². The van der Waals surface area contributed by atoms with Crippen LogP contribution in [0.1, 0.15) is 59.7 Å². The summed E-state index contributed by atoms with van der Waals surface area (Å²) in [6, 6.07) is 14.1. The van der Waals surface area contributed by atoms with Crippen LogP contribution in [0.3, 0.4) is 0 Å². The number of benzene rings is 2. The van der Waals surface area contributed by atoms with Crippen LogP contribution in [-0.2, 0) is 4.74 Å². The first-order valence-corrected chi connectivity index (χ1v) is 11.8. The smallest absolute Gasteiger partial charge is 0.257 e. The highest BCUT2D eigenvalue weighted by Gasteiger charge is 2.19. The van der Waals surface area contributed by atoms with E-state index in [4.69, 9.17) is 21.7 Å². The fourth-order valence-electron chi connectivity index (χ4n) is 3.69. The lowest BCUT2D eigenvalue weighted by atomic mass is 9.95. The molecule has 0 atom stereocenters. The SMILES string of the molecule is CCOCCOc1ccc(C(=O)NC(=S)Nc2ccccc2C(=O)NC2CCCCC2)cc1. The van der Waals surface area contributed by atoms with Crippen LogP contribution in [-0.4, -0.2) is 42.8 Å². The van der Waals surface area contributed by atoms with E-state index < -0.39 is 0 Å². The molecule has 1 aliphatic rings. The lowest BCUT2D eigenvalue weighted by Crippen LogP contribution is -2.37. The molecule has 3 N–H and O–H groups in total. The lowest BCUT2D eigenvalue weighted by Gasteiger charge is -2.23. The maximum atomic E-state index is 12.8. The molecule has 0 radical (unpaired) electrons. The van der Waals surface area contributed by atoms with Gasteiger partial charge in [0.2, 0.25) is 0 Å². The van der Waals surface area contributed by atoms with Crippen molar-refractivity contribution in [1.82, 2.24) is 10.6 Å². The number of nitrogens with one attached hydrogen (secondary N) is 3. The van der Waals surface area contributed by atoms with E-state index in [0.717, 1.165) is 25.7 Å². The van der Waals surface area contributed by atoms with Gasteiger partial charge < -0.3 is 20.1 Å². The van der Waals surface area contributed by atoms with Gasteiger partial charge in [0.25, 0.3) is 11.8 Å². The molecule has 3 rings (SSSR count). The zero-order chi connectivity index (χ0) is 23.5. The van der Waals surface area contributed by atoms with Crippen LogP contribution >= 0.6 is 12.2 Å². The fourth-order valence-corrected chi connectivity index (χ4v) is 3.90. The summed E-state index contributed by atoms with van der Waals surface area (Å²) >= 11 is 5.31. The summed E-state index contributed by atoms with van der Waals surface area (Å²) in [5.74, 6) is 0.168. The van der Waals surface area contributed by atoms with E-state index >= 15 is 0 Å². The average Bonchev–Trinajstić information content (AvgIpc) is 2.83. The highest BCUT2D eigenvalue weighted by atomic mass is 32.1. The van der Waals surface area contributed by atoms with Gasteiger partial charge in [-0.25, -0.2) is 0 Å². The Kier molecular flexibility index (Phi) is 9.65. The molecule has 2 amide bonds. The Morgan fingerprint density at radius 2 is 1.70 bits per heavy atom. The molecule has 0 saturated heterocycles. The minimum atomic E-state index is -0.350. The molecule has 33 heavy (non-hydrogen) atoms. The molecule has 0 unspecified atom stereocenters. The molecule has 0 spiro atoms. The zero-order valence-corrected chi connectivity index (χ0v) is 19.7. The first kappa shape index (κ1) is 24.7. The molecule has 0 bridgehead atoms. The second kappa shape index (κ2) is 12.9. The summed E-state index contributed by atoms with van der Waals surface area (Å²) in [5, 5.41) is 8.87. The molecule has 8 heteroatoms. The van der Waals surface area contributed by atoms with Crippen molar-refractivity contribution >= 4 is 34.8 Å². The normalized spacial score (nSPS) is 13.7. The standard InChI is InChI=1S/C25H31N3O4S/c1-2-31-16-17-32-20-14-12-18(13-15-20)23(29)28-25(33)27-22-11-7-6-10-21(22)24(30)26-19-8-4-3-5-9-19/h6-7,10-15,19H,2-5,8-9,16-17H2,1H3,(H,26,30)(H2,27,28,29,33). The second-order valence-electron chi connectivity index (χ2n) is 7.83. The average molecular weight is 470 g/mol. The molecule has 2 aromatic rings. The van der Waals surface area contributed by atoms with E-state index in [0.29, 0.717) is 42.4 Å². The molecule has 7 nitrogen and oxygen atoms in total. The Balaban J connectivity index is 1.54. The van der Waals surface area contributed by atoms with Crippen molar-refractivity contribution in [2.45, 2.75) is 45.1 Å². The van der Waals surface area contributed by atoms with E-state index in [2.05, 4.69) is 16.0 Å². The number of thiocarbonyl (C=S) groups is 1. The van der Waals surface area contributed by atoms with Gasteiger partial charge in [0.15, 0.2) is 5.11 Å². The summed E-state index contributed by atoms with van der Waals surface area (Å²) in [6.07, 6.45) is 5.52. The topological polar surface area (TPSA) is 88.7 Å². The van der Waals surface area contributed by atoms with E-state index in [9.17, 15) is 9.59 Å². The summed E-state index contributed by atoms with van der Waals surface area (Å²) in [4.78, 5) is 25.4. The van der Waals surface area contributed by atoms with Crippen LogP contribution in [0.5, 0.6) is 5.75 Å². The number of amides is 2. The van der Waals surface area contributed by atoms with Gasteiger partial charge in [0.1, 0.15) is 12.4 Å². The largest absolute Gasteiger partial charge is 0.491 e.